The first-order chi connectivity index (χ1) is 11.6. The van der Waals surface area contributed by atoms with E-state index in [4.69, 9.17) is 0 Å². The van der Waals surface area contributed by atoms with Crippen LogP contribution in [0.1, 0.15) is 29.9 Å². The van der Waals surface area contributed by atoms with Gasteiger partial charge in [-0.3, -0.25) is 19.4 Å². The molecule has 0 unspecified atom stereocenters. The number of hydrogen-bond donors (Lipinski definition) is 1. The van der Waals surface area contributed by atoms with Crippen LogP contribution in [0, 0.1) is 13.8 Å². The van der Waals surface area contributed by atoms with Crippen molar-refractivity contribution >= 4 is 5.91 Å². The fourth-order valence-electron chi connectivity index (χ4n) is 3.30. The van der Waals surface area contributed by atoms with E-state index in [9.17, 15) is 4.79 Å². The van der Waals surface area contributed by atoms with E-state index in [2.05, 4.69) is 38.0 Å². The van der Waals surface area contributed by atoms with Crippen molar-refractivity contribution in [3.8, 4) is 0 Å². The van der Waals surface area contributed by atoms with E-state index in [0.717, 1.165) is 37.3 Å². The number of carbonyl (C=O) groups is 1. The van der Waals surface area contributed by atoms with Gasteiger partial charge in [0.25, 0.3) is 0 Å². The molecule has 0 spiro atoms. The topological polar surface area (TPSA) is 63.1 Å². The van der Waals surface area contributed by atoms with Crippen molar-refractivity contribution in [2.24, 2.45) is 0 Å². The maximum Gasteiger partial charge on any atom is 0.234 e. The summed E-state index contributed by atoms with van der Waals surface area (Å²) in [7, 11) is 0. The Morgan fingerprint density at radius 1 is 1.38 bits per heavy atom. The molecule has 0 aromatic carbocycles. The molecular weight excluding hydrogens is 302 g/mol. The molecule has 24 heavy (non-hydrogen) atoms. The summed E-state index contributed by atoms with van der Waals surface area (Å²) in [5.41, 5.74) is 3.11. The summed E-state index contributed by atoms with van der Waals surface area (Å²) in [5, 5.41) is 7.50. The number of amides is 1. The van der Waals surface area contributed by atoms with Gasteiger partial charge in [0, 0.05) is 17.9 Å². The van der Waals surface area contributed by atoms with Gasteiger partial charge in [-0.05, 0) is 51.4 Å². The Kier molecular flexibility index (Phi) is 5.25. The first-order valence-corrected chi connectivity index (χ1v) is 8.53. The zero-order chi connectivity index (χ0) is 16.9. The molecule has 0 bridgehead atoms. The van der Waals surface area contributed by atoms with Gasteiger partial charge in [-0.15, -0.1) is 0 Å². The molecule has 1 amide bonds. The lowest BCUT2D eigenvalue weighted by atomic mass is 10.2. The predicted molar refractivity (Wildman–Crippen MR) is 92.4 cm³/mol. The molecule has 2 aromatic rings. The van der Waals surface area contributed by atoms with Crippen molar-refractivity contribution in [3.05, 3.63) is 47.5 Å². The Morgan fingerprint density at radius 2 is 2.25 bits per heavy atom. The van der Waals surface area contributed by atoms with Gasteiger partial charge in [0.2, 0.25) is 5.91 Å². The summed E-state index contributed by atoms with van der Waals surface area (Å²) in [5.74, 6) is 0.0564. The molecule has 0 aliphatic carbocycles. The number of aryl methyl sites for hydroxylation is 2. The Morgan fingerprint density at radius 3 is 2.96 bits per heavy atom. The summed E-state index contributed by atoms with van der Waals surface area (Å²) in [4.78, 5) is 18.7. The maximum atomic E-state index is 12.2. The van der Waals surface area contributed by atoms with E-state index >= 15 is 0 Å². The monoisotopic (exact) mass is 327 g/mol. The molecule has 128 valence electrons. The molecule has 6 nitrogen and oxygen atoms in total. The van der Waals surface area contributed by atoms with Gasteiger partial charge in [0.05, 0.1) is 31.0 Å². The average molecular weight is 327 g/mol. The van der Waals surface area contributed by atoms with E-state index in [-0.39, 0.29) is 5.91 Å². The third kappa shape index (κ3) is 4.20. The van der Waals surface area contributed by atoms with Crippen LogP contribution in [0.25, 0.3) is 0 Å². The van der Waals surface area contributed by atoms with Crippen LogP contribution in [0.15, 0.2) is 30.5 Å². The van der Waals surface area contributed by atoms with Gasteiger partial charge >= 0.3 is 0 Å². The molecule has 3 heterocycles. The highest BCUT2D eigenvalue weighted by atomic mass is 16.2. The van der Waals surface area contributed by atoms with Crippen molar-refractivity contribution in [2.45, 2.75) is 45.8 Å². The maximum absolute atomic E-state index is 12.2. The van der Waals surface area contributed by atoms with Crippen LogP contribution in [-0.2, 0) is 17.9 Å². The molecular formula is C18H25N5O. The molecule has 2 aromatic heterocycles. The van der Waals surface area contributed by atoms with E-state index < -0.39 is 0 Å². The fraction of sp³-hybridized carbons (Fsp3) is 0.500. The van der Waals surface area contributed by atoms with Crippen LogP contribution in [0.3, 0.4) is 0 Å². The van der Waals surface area contributed by atoms with Crippen molar-refractivity contribution in [2.75, 3.05) is 13.1 Å². The number of carbonyl (C=O) groups excluding carboxylic acids is 1. The van der Waals surface area contributed by atoms with Crippen molar-refractivity contribution in [3.63, 3.8) is 0 Å². The standard InChI is InChI=1S/C18H25N5O/c1-14-10-15(2)23(21-14)12-17-7-5-9-22(17)13-18(24)20-11-16-6-3-4-8-19-16/h3-4,6,8,10,17H,5,7,9,11-13H2,1-2H3,(H,20,24)/t17-/m0/s1. The quantitative estimate of drug-likeness (QED) is 0.877. The lowest BCUT2D eigenvalue weighted by Gasteiger charge is -2.24. The minimum Gasteiger partial charge on any atom is -0.349 e. The number of pyridine rings is 1. The molecule has 6 heteroatoms. The SMILES string of the molecule is Cc1cc(C)n(C[C@@H]2CCCN2CC(=O)NCc2ccccn2)n1. The minimum atomic E-state index is 0.0564. The first-order valence-electron chi connectivity index (χ1n) is 8.53. The highest BCUT2D eigenvalue weighted by Crippen LogP contribution is 2.19. The number of rotatable bonds is 6. The Hall–Kier alpha value is -2.21. The minimum absolute atomic E-state index is 0.0564. The fourth-order valence-corrected chi connectivity index (χ4v) is 3.30. The molecule has 1 aliphatic rings. The third-order valence-electron chi connectivity index (χ3n) is 4.53. The van der Waals surface area contributed by atoms with Gasteiger partial charge in [0.1, 0.15) is 0 Å². The predicted octanol–water partition coefficient (Wildman–Crippen LogP) is 1.68. The van der Waals surface area contributed by atoms with E-state index in [1.807, 2.05) is 25.1 Å². The number of nitrogens with one attached hydrogen (secondary N) is 1. The number of likely N-dealkylation sites (tertiary alicyclic amines) is 1. The molecule has 1 atom stereocenters. The Balaban J connectivity index is 1.52. The molecule has 1 N–H and O–H groups in total. The summed E-state index contributed by atoms with van der Waals surface area (Å²) < 4.78 is 2.06. The number of nitrogens with zero attached hydrogens (tertiary/aromatic N) is 4. The molecule has 1 fully saturated rings. The largest absolute Gasteiger partial charge is 0.349 e. The number of aromatic nitrogens is 3. The summed E-state index contributed by atoms with van der Waals surface area (Å²) in [6.07, 6.45) is 4.00. The second kappa shape index (κ2) is 7.57. The van der Waals surface area contributed by atoms with Gasteiger partial charge in [-0.2, -0.15) is 5.10 Å². The zero-order valence-electron chi connectivity index (χ0n) is 14.4. The van der Waals surface area contributed by atoms with Gasteiger partial charge in [0.15, 0.2) is 0 Å². The molecule has 3 rings (SSSR count). The van der Waals surface area contributed by atoms with E-state index in [0.29, 0.717) is 19.1 Å². The highest BCUT2D eigenvalue weighted by Gasteiger charge is 2.27. The second-order valence-corrected chi connectivity index (χ2v) is 6.47. The van der Waals surface area contributed by atoms with Crippen LogP contribution < -0.4 is 5.32 Å². The smallest absolute Gasteiger partial charge is 0.234 e. The Bertz CT molecular complexity index is 682. The van der Waals surface area contributed by atoms with Crippen LogP contribution in [-0.4, -0.2) is 44.7 Å². The van der Waals surface area contributed by atoms with Crippen LogP contribution in [0.5, 0.6) is 0 Å². The van der Waals surface area contributed by atoms with E-state index in [1.165, 1.54) is 5.69 Å². The molecule has 0 radical (unpaired) electrons. The van der Waals surface area contributed by atoms with E-state index in [1.54, 1.807) is 6.20 Å². The summed E-state index contributed by atoms with van der Waals surface area (Å²) in [6, 6.07) is 8.20. The van der Waals surface area contributed by atoms with Gasteiger partial charge in [-0.25, -0.2) is 0 Å². The van der Waals surface area contributed by atoms with Crippen LogP contribution in [0.4, 0.5) is 0 Å². The van der Waals surface area contributed by atoms with Gasteiger partial charge < -0.3 is 5.32 Å². The highest BCUT2D eigenvalue weighted by molar-refractivity contribution is 5.78. The summed E-state index contributed by atoms with van der Waals surface area (Å²) in [6.45, 7) is 6.85. The lowest BCUT2D eigenvalue weighted by Crippen LogP contribution is -2.41. The lowest BCUT2D eigenvalue weighted by molar-refractivity contribution is -0.122. The van der Waals surface area contributed by atoms with Crippen LogP contribution in [0.2, 0.25) is 0 Å². The zero-order valence-corrected chi connectivity index (χ0v) is 14.4. The second-order valence-electron chi connectivity index (χ2n) is 6.47. The third-order valence-corrected chi connectivity index (χ3v) is 4.53. The molecule has 1 aliphatic heterocycles. The number of hydrogen-bond acceptors (Lipinski definition) is 4. The normalized spacial score (nSPS) is 18.0. The Labute approximate surface area is 142 Å². The molecule has 0 saturated carbocycles. The summed E-state index contributed by atoms with van der Waals surface area (Å²) >= 11 is 0. The van der Waals surface area contributed by atoms with Crippen molar-refractivity contribution in [1.29, 1.82) is 0 Å². The van der Waals surface area contributed by atoms with Crippen molar-refractivity contribution in [1.82, 2.24) is 25.0 Å². The van der Waals surface area contributed by atoms with Gasteiger partial charge in [-0.1, -0.05) is 6.07 Å². The molecule has 1 saturated heterocycles. The average Bonchev–Trinajstić information content (AvgIpc) is 3.13. The van der Waals surface area contributed by atoms with Crippen molar-refractivity contribution < 1.29 is 4.79 Å². The van der Waals surface area contributed by atoms with Crippen LogP contribution >= 0.6 is 0 Å². The first kappa shape index (κ1) is 16.6.